The summed E-state index contributed by atoms with van der Waals surface area (Å²) in [5, 5.41) is 0. The monoisotopic (exact) mass is 654 g/mol. The van der Waals surface area contributed by atoms with E-state index in [1.165, 1.54) is 61.2 Å². The van der Waals surface area contributed by atoms with E-state index in [2.05, 4.69) is 154 Å². The van der Waals surface area contributed by atoms with Crippen molar-refractivity contribution < 1.29 is 21.3 Å². The maximum absolute atomic E-state index is 2.76. The van der Waals surface area contributed by atoms with Crippen LogP contribution < -0.4 is 3.27 Å². The van der Waals surface area contributed by atoms with Crippen LogP contribution in [0.5, 0.6) is 0 Å². The molecule has 1 heteroatoms. The number of rotatable bonds is 4. The van der Waals surface area contributed by atoms with Gasteiger partial charge in [0.2, 0.25) is 0 Å². The summed E-state index contributed by atoms with van der Waals surface area (Å²) in [6.07, 6.45) is 9.29. The minimum absolute atomic E-state index is 0.0542. The third-order valence-electron chi connectivity index (χ3n) is 9.69. The summed E-state index contributed by atoms with van der Waals surface area (Å²) in [4.78, 5) is 0. The zero-order chi connectivity index (χ0) is 31.6. The van der Waals surface area contributed by atoms with Crippen molar-refractivity contribution in [3.8, 4) is 11.1 Å². The van der Waals surface area contributed by atoms with E-state index in [0.29, 0.717) is 0 Å². The van der Waals surface area contributed by atoms with Gasteiger partial charge in [-0.3, -0.25) is 0 Å². The summed E-state index contributed by atoms with van der Waals surface area (Å²) in [5.74, 6) is 0. The van der Waals surface area contributed by atoms with Crippen LogP contribution in [0.3, 0.4) is 0 Å². The molecule has 2 aliphatic carbocycles. The first-order valence-electron chi connectivity index (χ1n) is 16.3. The van der Waals surface area contributed by atoms with Gasteiger partial charge in [-0.05, 0) is 0 Å². The van der Waals surface area contributed by atoms with Crippen molar-refractivity contribution >= 4 is 6.48 Å². The average Bonchev–Trinajstić information content (AvgIpc) is 3.59. The number of allylic oxidation sites excluding steroid dienone is 4. The molecule has 0 aliphatic heterocycles. The molecule has 0 unspecified atom stereocenters. The third-order valence-corrected chi connectivity index (χ3v) is 17.7. The zero-order valence-electron chi connectivity index (χ0n) is 28.5. The Morgan fingerprint density at radius 1 is 0.659 bits per heavy atom. The van der Waals surface area contributed by atoms with Crippen molar-refractivity contribution in [3.05, 3.63) is 144 Å². The van der Waals surface area contributed by atoms with Crippen LogP contribution in [-0.4, -0.2) is 3.21 Å². The normalized spacial score (nSPS) is 14.0. The first-order valence-corrected chi connectivity index (χ1v) is 20.0. The summed E-state index contributed by atoms with van der Waals surface area (Å²) < 4.78 is 5.01. The Bertz CT molecular complexity index is 1810. The van der Waals surface area contributed by atoms with Crippen LogP contribution in [0.25, 0.3) is 11.1 Å². The molecule has 2 aliphatic rings. The van der Waals surface area contributed by atoms with Crippen LogP contribution >= 0.6 is 0 Å². The summed E-state index contributed by atoms with van der Waals surface area (Å²) >= 11 is -2.76. The van der Waals surface area contributed by atoms with Crippen molar-refractivity contribution in [3.63, 3.8) is 0 Å². The molecule has 0 fully saturated rings. The standard InChI is InChI=1S/C23H29.C15H14.C5H5.Zr/c1-14-9-16-11-17-10-15(2)21(23(6,7)8)13-19(17)18(16)12-20(14)22(3,4)5;1-12-3-7-14(8-4-12)11-15-9-5-13(2)6-10-15;1-2-4-5-3-1;/h9,12-13H,11H2,1-8H3;3-10H,1-2H3;1-3H,4H2;. The van der Waals surface area contributed by atoms with Gasteiger partial charge in [-0.2, -0.15) is 0 Å². The third kappa shape index (κ3) is 5.67. The zero-order valence-corrected chi connectivity index (χ0v) is 31.0. The molecule has 0 saturated carbocycles. The van der Waals surface area contributed by atoms with Crippen molar-refractivity contribution in [2.75, 3.05) is 0 Å². The van der Waals surface area contributed by atoms with E-state index in [9.17, 15) is 0 Å². The molecule has 0 bridgehead atoms. The molecule has 6 rings (SSSR count). The van der Waals surface area contributed by atoms with Crippen molar-refractivity contribution in [1.29, 1.82) is 0 Å². The quantitative estimate of drug-likeness (QED) is 0.181. The number of hydrogen-bond donors (Lipinski definition) is 0. The topological polar surface area (TPSA) is 0 Å². The Hall–Kier alpha value is -2.89. The molecule has 0 saturated heterocycles. The van der Waals surface area contributed by atoms with E-state index < -0.39 is 21.3 Å². The first kappa shape index (κ1) is 31.1. The summed E-state index contributed by atoms with van der Waals surface area (Å²) in [5.41, 5.74) is 17.6. The Kier molecular flexibility index (Phi) is 8.12. The molecular formula is C43H48Zr. The van der Waals surface area contributed by atoms with Gasteiger partial charge in [-0.25, -0.2) is 0 Å². The van der Waals surface area contributed by atoms with Gasteiger partial charge >= 0.3 is 276 Å². The Balaban J connectivity index is 1.77. The molecule has 0 radical (unpaired) electrons. The molecule has 0 spiro atoms. The van der Waals surface area contributed by atoms with E-state index in [0.717, 1.165) is 12.8 Å². The van der Waals surface area contributed by atoms with Gasteiger partial charge in [0, 0.05) is 0 Å². The van der Waals surface area contributed by atoms with E-state index in [1.54, 1.807) is 15.3 Å². The van der Waals surface area contributed by atoms with E-state index in [1.807, 2.05) is 0 Å². The van der Waals surface area contributed by atoms with Gasteiger partial charge in [0.05, 0.1) is 0 Å². The summed E-state index contributed by atoms with van der Waals surface area (Å²) in [6.45, 7) is 23.4. The number of hydrogen-bond acceptors (Lipinski definition) is 0. The van der Waals surface area contributed by atoms with E-state index in [-0.39, 0.29) is 10.8 Å². The molecule has 224 valence electrons. The number of fused-ring (bicyclic) bond motifs is 3. The van der Waals surface area contributed by atoms with Crippen LogP contribution in [0.4, 0.5) is 0 Å². The van der Waals surface area contributed by atoms with Gasteiger partial charge in [0.1, 0.15) is 0 Å². The fourth-order valence-corrected chi connectivity index (χ4v) is 15.9. The maximum atomic E-state index is 2.58. The minimum atomic E-state index is -2.76. The van der Waals surface area contributed by atoms with Crippen LogP contribution in [-0.2, 0) is 38.5 Å². The van der Waals surface area contributed by atoms with Crippen LogP contribution in [0.15, 0.2) is 88.2 Å². The van der Waals surface area contributed by atoms with E-state index >= 15 is 0 Å². The number of aryl methyl sites for hydroxylation is 3. The molecular weight excluding hydrogens is 608 g/mol. The summed E-state index contributed by atoms with van der Waals surface area (Å²) in [6, 6.07) is 26.4. The van der Waals surface area contributed by atoms with Gasteiger partial charge in [-0.1, -0.05) is 0 Å². The average molecular weight is 656 g/mol. The van der Waals surface area contributed by atoms with Crippen LogP contribution in [0.1, 0.15) is 104 Å². The molecule has 0 amide bonds. The number of benzene rings is 4. The summed E-state index contributed by atoms with van der Waals surface area (Å²) in [7, 11) is 0. The van der Waals surface area contributed by atoms with Crippen molar-refractivity contribution in [2.24, 2.45) is 0 Å². The van der Waals surface area contributed by atoms with Crippen LogP contribution in [0, 0.1) is 27.7 Å². The van der Waals surface area contributed by atoms with Crippen molar-refractivity contribution in [2.45, 2.75) is 92.9 Å². The fourth-order valence-electron chi connectivity index (χ4n) is 7.51. The predicted molar refractivity (Wildman–Crippen MR) is 189 cm³/mol. The molecule has 0 aromatic heterocycles. The Morgan fingerprint density at radius 3 is 1.70 bits per heavy atom. The first-order chi connectivity index (χ1) is 20.7. The van der Waals surface area contributed by atoms with Crippen molar-refractivity contribution in [1.82, 2.24) is 0 Å². The molecule has 4 aromatic rings. The SMILES string of the molecule is Cc1ccc([C](c2ccc(C)cc2)=[Zr]([C]2=CC=CC2)[c]2c(C)c(C(C)(C)C)cc3c2Cc2cc(C)c(C(C)(C)C)cc2-3)cc1. The van der Waals surface area contributed by atoms with Crippen LogP contribution in [0.2, 0.25) is 0 Å². The van der Waals surface area contributed by atoms with Gasteiger partial charge in [-0.15, -0.1) is 0 Å². The van der Waals surface area contributed by atoms with Gasteiger partial charge in [0.25, 0.3) is 0 Å². The predicted octanol–water partition coefficient (Wildman–Crippen LogP) is 10.4. The second-order valence-electron chi connectivity index (χ2n) is 15.3. The Labute approximate surface area is 274 Å². The van der Waals surface area contributed by atoms with E-state index in [4.69, 9.17) is 0 Å². The molecule has 44 heavy (non-hydrogen) atoms. The van der Waals surface area contributed by atoms with Gasteiger partial charge in [0.15, 0.2) is 0 Å². The fraction of sp³-hybridized carbons (Fsp3) is 0.326. The second-order valence-corrected chi connectivity index (χ2v) is 21.1. The molecule has 0 heterocycles. The van der Waals surface area contributed by atoms with Gasteiger partial charge < -0.3 is 0 Å². The molecule has 4 aromatic carbocycles. The molecule has 0 nitrogen and oxygen atoms in total. The Morgan fingerprint density at radius 2 is 1.20 bits per heavy atom. The molecule has 0 N–H and O–H groups in total. The molecule has 0 atom stereocenters. The second kappa shape index (κ2) is 11.5.